The number of hydrogen-bond donors (Lipinski definition) is 1. The molecule has 1 rings (SSSR count). The van der Waals surface area contributed by atoms with Crippen molar-refractivity contribution in [2.75, 3.05) is 0 Å². The van der Waals surface area contributed by atoms with Crippen molar-refractivity contribution in [3.05, 3.63) is 40.4 Å². The fraction of sp³-hybridized carbons (Fsp3) is 0.333. The highest BCUT2D eigenvalue weighted by atomic mass is 79.9. The van der Waals surface area contributed by atoms with Gasteiger partial charge in [0, 0.05) is 10.5 Å². The van der Waals surface area contributed by atoms with Crippen molar-refractivity contribution in [2.45, 2.75) is 25.7 Å². The molecule has 7 heteroatoms. The van der Waals surface area contributed by atoms with E-state index < -0.39 is 12.4 Å². The van der Waals surface area contributed by atoms with E-state index in [1.54, 1.807) is 6.07 Å². The molecule has 0 aliphatic heterocycles. The lowest BCUT2D eigenvalue weighted by molar-refractivity contribution is -0.274. The number of rotatable bonds is 4. The molecule has 1 aromatic rings. The van der Waals surface area contributed by atoms with Gasteiger partial charge < -0.3 is 10.5 Å². The van der Waals surface area contributed by atoms with E-state index in [1.807, 2.05) is 6.92 Å². The van der Waals surface area contributed by atoms with Crippen LogP contribution in [0.15, 0.2) is 34.8 Å². The average molecular weight is 361 g/mol. The van der Waals surface area contributed by atoms with Gasteiger partial charge in [0.1, 0.15) is 5.75 Å². The highest BCUT2D eigenvalue weighted by Gasteiger charge is 2.31. The first kappa shape index (κ1) is 18.3. The first-order valence-corrected chi connectivity index (χ1v) is 5.93. The Balaban J connectivity index is 0.00000324. The van der Waals surface area contributed by atoms with Crippen molar-refractivity contribution >= 4 is 28.3 Å². The van der Waals surface area contributed by atoms with Crippen LogP contribution in [0.1, 0.15) is 24.9 Å². The van der Waals surface area contributed by atoms with E-state index in [4.69, 9.17) is 5.73 Å². The third kappa shape index (κ3) is 6.84. The molecule has 0 unspecified atom stereocenters. The summed E-state index contributed by atoms with van der Waals surface area (Å²) in [6.45, 7) is 5.53. The van der Waals surface area contributed by atoms with Crippen LogP contribution in [0.25, 0.3) is 0 Å². The Bertz CT molecular complexity index is 451. The molecule has 0 aliphatic carbocycles. The van der Waals surface area contributed by atoms with Gasteiger partial charge in [0.05, 0.1) is 0 Å². The van der Waals surface area contributed by atoms with Gasteiger partial charge in [-0.05, 0) is 37.1 Å². The number of hydrogen-bond acceptors (Lipinski definition) is 2. The lowest BCUT2D eigenvalue weighted by atomic mass is 10.0. The predicted octanol–water partition coefficient (Wildman–Crippen LogP) is 4.74. The first-order valence-electron chi connectivity index (χ1n) is 5.13. The van der Waals surface area contributed by atoms with Gasteiger partial charge in [-0.25, -0.2) is 0 Å². The maximum Gasteiger partial charge on any atom is 0.573 e. The smallest absolute Gasteiger partial charge is 0.406 e. The average Bonchev–Trinajstić information content (AvgIpc) is 2.12. The lowest BCUT2D eigenvalue weighted by Gasteiger charge is -2.15. The van der Waals surface area contributed by atoms with E-state index in [2.05, 4.69) is 27.2 Å². The van der Waals surface area contributed by atoms with Crippen molar-refractivity contribution in [3.8, 4) is 5.75 Å². The van der Waals surface area contributed by atoms with Crippen LogP contribution in [0.3, 0.4) is 0 Å². The molecule has 0 fully saturated rings. The highest BCUT2D eigenvalue weighted by Crippen LogP contribution is 2.30. The van der Waals surface area contributed by atoms with Crippen LogP contribution in [0.4, 0.5) is 13.2 Å². The third-order valence-electron chi connectivity index (χ3n) is 2.12. The summed E-state index contributed by atoms with van der Waals surface area (Å²) < 4.78 is 40.8. The normalized spacial score (nSPS) is 12.5. The Hall–Kier alpha value is -0.720. The van der Waals surface area contributed by atoms with Crippen molar-refractivity contribution in [3.63, 3.8) is 0 Å². The Kier molecular flexibility index (Phi) is 6.89. The Morgan fingerprint density at radius 2 is 2.00 bits per heavy atom. The molecule has 0 amide bonds. The molecule has 0 heterocycles. The number of benzene rings is 1. The maximum absolute atomic E-state index is 12.1. The topological polar surface area (TPSA) is 35.2 Å². The van der Waals surface area contributed by atoms with Crippen molar-refractivity contribution < 1.29 is 17.9 Å². The zero-order valence-corrected chi connectivity index (χ0v) is 12.5. The van der Waals surface area contributed by atoms with Gasteiger partial charge in [-0.1, -0.05) is 21.5 Å². The summed E-state index contributed by atoms with van der Waals surface area (Å²) in [4.78, 5) is 0. The van der Waals surface area contributed by atoms with Gasteiger partial charge in [0.2, 0.25) is 0 Å². The monoisotopic (exact) mass is 359 g/mol. The highest BCUT2D eigenvalue weighted by molar-refractivity contribution is 9.10. The summed E-state index contributed by atoms with van der Waals surface area (Å²) in [5.74, 6) is -0.288. The van der Waals surface area contributed by atoms with E-state index in [-0.39, 0.29) is 18.2 Å². The molecule has 0 radical (unpaired) electrons. The third-order valence-corrected chi connectivity index (χ3v) is 2.58. The van der Waals surface area contributed by atoms with Gasteiger partial charge in [-0.2, -0.15) is 0 Å². The number of halogens is 5. The van der Waals surface area contributed by atoms with E-state index >= 15 is 0 Å². The SMILES string of the molecule is C=C(C)C[C@H](N)c1cc(Br)cc(OC(F)(F)F)c1.Cl. The van der Waals surface area contributed by atoms with Crippen molar-refractivity contribution in [1.82, 2.24) is 0 Å². The second-order valence-corrected chi connectivity index (χ2v) is 4.95. The number of nitrogens with two attached hydrogens (primary N) is 1. The van der Waals surface area contributed by atoms with Gasteiger partial charge >= 0.3 is 6.36 Å². The van der Waals surface area contributed by atoms with Gasteiger partial charge in [0.15, 0.2) is 0 Å². The minimum absolute atomic E-state index is 0. The molecular formula is C12H14BrClF3NO. The number of ether oxygens (including phenoxy) is 1. The molecule has 0 saturated carbocycles. The zero-order valence-electron chi connectivity index (χ0n) is 10.1. The quantitative estimate of drug-likeness (QED) is 0.788. The van der Waals surface area contributed by atoms with E-state index in [0.717, 1.165) is 5.57 Å². The molecule has 19 heavy (non-hydrogen) atoms. The molecule has 0 saturated heterocycles. The zero-order chi connectivity index (χ0) is 13.9. The fourth-order valence-corrected chi connectivity index (χ4v) is 1.97. The van der Waals surface area contributed by atoms with Crippen LogP contribution >= 0.6 is 28.3 Å². The lowest BCUT2D eigenvalue weighted by Crippen LogP contribution is -2.18. The Labute approximate surface area is 124 Å². The second-order valence-electron chi connectivity index (χ2n) is 4.04. The van der Waals surface area contributed by atoms with Gasteiger partial charge in [-0.15, -0.1) is 32.2 Å². The predicted molar refractivity (Wildman–Crippen MR) is 74.4 cm³/mol. The minimum Gasteiger partial charge on any atom is -0.406 e. The first-order chi connectivity index (χ1) is 8.17. The largest absolute Gasteiger partial charge is 0.573 e. The van der Waals surface area contributed by atoms with Crippen LogP contribution in [0.2, 0.25) is 0 Å². The van der Waals surface area contributed by atoms with Gasteiger partial charge in [0.25, 0.3) is 0 Å². The standard InChI is InChI=1S/C12H13BrF3NO.ClH/c1-7(2)3-11(17)8-4-9(13)6-10(5-8)18-12(14,15)16;/h4-6,11H,1,3,17H2,2H3;1H/t11-;/m0./s1. The van der Waals surface area contributed by atoms with Crippen LogP contribution in [-0.4, -0.2) is 6.36 Å². The minimum atomic E-state index is -4.71. The van der Waals surface area contributed by atoms with Crippen LogP contribution in [-0.2, 0) is 0 Å². The maximum atomic E-state index is 12.1. The molecule has 0 spiro atoms. The molecule has 2 nitrogen and oxygen atoms in total. The van der Waals surface area contributed by atoms with Crippen molar-refractivity contribution in [1.29, 1.82) is 0 Å². The molecule has 2 N–H and O–H groups in total. The Morgan fingerprint density at radius 3 is 2.47 bits per heavy atom. The second kappa shape index (κ2) is 7.17. The van der Waals surface area contributed by atoms with E-state index in [0.29, 0.717) is 16.5 Å². The fourth-order valence-electron chi connectivity index (χ4n) is 1.48. The van der Waals surface area contributed by atoms with Crippen LogP contribution in [0.5, 0.6) is 5.75 Å². The summed E-state index contributed by atoms with van der Waals surface area (Å²) in [6.07, 6.45) is -4.21. The number of alkyl halides is 3. The summed E-state index contributed by atoms with van der Waals surface area (Å²) in [5, 5.41) is 0. The molecule has 1 aromatic carbocycles. The van der Waals surface area contributed by atoms with E-state index in [1.165, 1.54) is 12.1 Å². The summed E-state index contributed by atoms with van der Waals surface area (Å²) in [5.41, 5.74) is 7.30. The van der Waals surface area contributed by atoms with Gasteiger partial charge in [-0.3, -0.25) is 0 Å². The molecular weight excluding hydrogens is 346 g/mol. The molecule has 0 bridgehead atoms. The summed E-state index contributed by atoms with van der Waals surface area (Å²) in [7, 11) is 0. The summed E-state index contributed by atoms with van der Waals surface area (Å²) in [6, 6.07) is 3.78. The Morgan fingerprint density at radius 1 is 1.42 bits per heavy atom. The molecule has 0 aliphatic rings. The van der Waals surface area contributed by atoms with Crippen molar-refractivity contribution in [2.24, 2.45) is 5.73 Å². The van der Waals surface area contributed by atoms with Crippen LogP contribution < -0.4 is 10.5 Å². The molecule has 1 atom stereocenters. The summed E-state index contributed by atoms with van der Waals surface area (Å²) >= 11 is 3.13. The van der Waals surface area contributed by atoms with E-state index in [9.17, 15) is 13.2 Å². The molecule has 0 aromatic heterocycles. The molecule has 108 valence electrons. The van der Waals surface area contributed by atoms with Crippen LogP contribution in [0, 0.1) is 0 Å².